The molecule has 1 amide bonds. The zero-order chi connectivity index (χ0) is 13.7. The van der Waals surface area contributed by atoms with Crippen molar-refractivity contribution in [2.24, 2.45) is 17.6 Å². The van der Waals surface area contributed by atoms with Gasteiger partial charge in [-0.2, -0.15) is 0 Å². The first-order chi connectivity index (χ1) is 8.43. The number of carbonyl (C=O) groups excluding carboxylic acids is 1. The van der Waals surface area contributed by atoms with Crippen LogP contribution in [0.4, 0.5) is 10.1 Å². The highest BCUT2D eigenvalue weighted by Gasteiger charge is 2.19. The molecule has 3 nitrogen and oxygen atoms in total. The molecule has 0 aliphatic rings. The van der Waals surface area contributed by atoms with E-state index in [4.69, 9.17) is 5.73 Å². The van der Waals surface area contributed by atoms with Crippen molar-refractivity contribution < 1.29 is 9.18 Å². The Morgan fingerprint density at radius 1 is 1.50 bits per heavy atom. The van der Waals surface area contributed by atoms with Crippen LogP contribution in [0.5, 0.6) is 0 Å². The van der Waals surface area contributed by atoms with E-state index in [-0.39, 0.29) is 24.1 Å². The largest absolute Gasteiger partial charge is 0.330 e. The summed E-state index contributed by atoms with van der Waals surface area (Å²) in [5, 5.41) is 2.58. The van der Waals surface area contributed by atoms with Crippen LogP contribution >= 0.6 is 15.9 Å². The average molecular weight is 317 g/mol. The molecule has 1 rings (SSSR count). The number of anilines is 1. The monoisotopic (exact) mass is 316 g/mol. The van der Waals surface area contributed by atoms with Gasteiger partial charge in [-0.3, -0.25) is 4.79 Å². The number of nitrogens with two attached hydrogens (primary N) is 1. The van der Waals surface area contributed by atoms with Gasteiger partial charge in [0.1, 0.15) is 5.82 Å². The van der Waals surface area contributed by atoms with E-state index in [1.807, 2.05) is 13.8 Å². The second kappa shape index (κ2) is 6.85. The van der Waals surface area contributed by atoms with E-state index in [0.717, 1.165) is 0 Å². The Labute approximate surface area is 115 Å². The minimum absolute atomic E-state index is 0.186. The molecule has 1 aromatic rings. The molecule has 0 radical (unpaired) electrons. The summed E-state index contributed by atoms with van der Waals surface area (Å²) in [7, 11) is 0. The fraction of sp³-hybridized carbons (Fsp3) is 0.462. The highest BCUT2D eigenvalue weighted by Crippen LogP contribution is 2.21. The number of halogens is 2. The van der Waals surface area contributed by atoms with Crippen LogP contribution in [-0.4, -0.2) is 12.5 Å². The van der Waals surface area contributed by atoms with Crippen molar-refractivity contribution >= 4 is 27.5 Å². The molecule has 0 heterocycles. The summed E-state index contributed by atoms with van der Waals surface area (Å²) in [4.78, 5) is 11.9. The molecule has 1 atom stereocenters. The maximum atomic E-state index is 13.6. The third-order valence-corrected chi connectivity index (χ3v) is 3.09. The molecule has 0 bridgehead atoms. The van der Waals surface area contributed by atoms with Gasteiger partial charge >= 0.3 is 0 Å². The Bertz CT molecular complexity index is 423. The first-order valence-electron chi connectivity index (χ1n) is 5.90. The Kier molecular flexibility index (Phi) is 5.75. The Balaban J connectivity index is 2.73. The van der Waals surface area contributed by atoms with Gasteiger partial charge in [-0.1, -0.05) is 29.8 Å². The van der Waals surface area contributed by atoms with Crippen molar-refractivity contribution in [2.75, 3.05) is 11.9 Å². The lowest BCUT2D eigenvalue weighted by Gasteiger charge is -2.17. The second-order valence-corrected chi connectivity index (χ2v) is 5.59. The van der Waals surface area contributed by atoms with Crippen LogP contribution in [0.15, 0.2) is 22.7 Å². The van der Waals surface area contributed by atoms with E-state index >= 15 is 0 Å². The summed E-state index contributed by atoms with van der Waals surface area (Å²) in [6.45, 7) is 4.31. The van der Waals surface area contributed by atoms with Gasteiger partial charge in [0.25, 0.3) is 0 Å². The van der Waals surface area contributed by atoms with E-state index in [1.165, 1.54) is 12.1 Å². The number of hydrogen-bond acceptors (Lipinski definition) is 2. The van der Waals surface area contributed by atoms with Crippen LogP contribution < -0.4 is 11.1 Å². The van der Waals surface area contributed by atoms with E-state index < -0.39 is 5.82 Å². The summed E-state index contributed by atoms with van der Waals surface area (Å²) in [5.74, 6) is -0.599. The number of hydrogen-bond donors (Lipinski definition) is 2. The predicted octanol–water partition coefficient (Wildman–Crippen LogP) is 3.15. The maximum Gasteiger partial charge on any atom is 0.228 e. The van der Waals surface area contributed by atoms with Crippen molar-refractivity contribution in [2.45, 2.75) is 20.3 Å². The van der Waals surface area contributed by atoms with Crippen molar-refractivity contribution in [1.82, 2.24) is 0 Å². The number of benzene rings is 1. The topological polar surface area (TPSA) is 55.1 Å². The molecule has 1 aromatic carbocycles. The van der Waals surface area contributed by atoms with Crippen LogP contribution in [0, 0.1) is 17.7 Å². The zero-order valence-corrected chi connectivity index (χ0v) is 12.1. The summed E-state index contributed by atoms with van der Waals surface area (Å²) in [6.07, 6.45) is 0.695. The van der Waals surface area contributed by atoms with Crippen molar-refractivity contribution in [3.05, 3.63) is 28.5 Å². The van der Waals surface area contributed by atoms with E-state index in [2.05, 4.69) is 21.2 Å². The number of amides is 1. The van der Waals surface area contributed by atoms with Crippen molar-refractivity contribution in [1.29, 1.82) is 0 Å². The molecule has 0 aromatic heterocycles. The minimum atomic E-state index is -0.460. The van der Waals surface area contributed by atoms with E-state index in [1.54, 1.807) is 6.07 Å². The molecule has 0 aliphatic carbocycles. The van der Waals surface area contributed by atoms with Crippen LogP contribution in [0.25, 0.3) is 0 Å². The summed E-state index contributed by atoms with van der Waals surface area (Å²) >= 11 is 3.17. The van der Waals surface area contributed by atoms with Gasteiger partial charge in [-0.05, 0) is 30.5 Å². The SMILES string of the molecule is CC(C)CC(CN)C(=O)Nc1ccc(Br)cc1F. The fourth-order valence-electron chi connectivity index (χ4n) is 1.70. The normalized spacial score (nSPS) is 12.6. The molecule has 0 spiro atoms. The molecule has 3 N–H and O–H groups in total. The lowest BCUT2D eigenvalue weighted by atomic mass is 9.96. The molecular formula is C13H18BrFN2O. The van der Waals surface area contributed by atoms with E-state index in [0.29, 0.717) is 16.8 Å². The van der Waals surface area contributed by atoms with E-state index in [9.17, 15) is 9.18 Å². The predicted molar refractivity (Wildman–Crippen MR) is 74.7 cm³/mol. The van der Waals surface area contributed by atoms with Gasteiger partial charge in [-0.15, -0.1) is 0 Å². The highest BCUT2D eigenvalue weighted by atomic mass is 79.9. The molecule has 5 heteroatoms. The molecule has 1 unspecified atom stereocenters. The quantitative estimate of drug-likeness (QED) is 0.876. The first kappa shape index (κ1) is 15.1. The van der Waals surface area contributed by atoms with Gasteiger partial charge in [0.2, 0.25) is 5.91 Å². The van der Waals surface area contributed by atoms with Crippen LogP contribution in [0.3, 0.4) is 0 Å². The molecule has 0 saturated heterocycles. The summed E-state index contributed by atoms with van der Waals surface area (Å²) in [6, 6.07) is 4.52. The van der Waals surface area contributed by atoms with Gasteiger partial charge in [0.15, 0.2) is 0 Å². The molecular weight excluding hydrogens is 299 g/mol. The highest BCUT2D eigenvalue weighted by molar-refractivity contribution is 9.10. The molecule has 0 fully saturated rings. The van der Waals surface area contributed by atoms with Gasteiger partial charge in [0.05, 0.1) is 11.6 Å². The van der Waals surface area contributed by atoms with Crippen LogP contribution in [0.2, 0.25) is 0 Å². The molecule has 100 valence electrons. The Morgan fingerprint density at radius 3 is 2.67 bits per heavy atom. The Hall–Kier alpha value is -0.940. The number of rotatable bonds is 5. The van der Waals surface area contributed by atoms with Crippen molar-refractivity contribution in [3.8, 4) is 0 Å². The van der Waals surface area contributed by atoms with Gasteiger partial charge in [-0.25, -0.2) is 4.39 Å². The lowest BCUT2D eigenvalue weighted by Crippen LogP contribution is -2.30. The third kappa shape index (κ3) is 4.38. The van der Waals surface area contributed by atoms with Crippen LogP contribution in [-0.2, 0) is 4.79 Å². The Morgan fingerprint density at radius 2 is 2.17 bits per heavy atom. The third-order valence-electron chi connectivity index (χ3n) is 2.60. The van der Waals surface area contributed by atoms with Gasteiger partial charge < -0.3 is 11.1 Å². The molecule has 0 aliphatic heterocycles. The number of nitrogens with one attached hydrogen (secondary N) is 1. The minimum Gasteiger partial charge on any atom is -0.330 e. The van der Waals surface area contributed by atoms with Crippen LogP contribution in [0.1, 0.15) is 20.3 Å². The fourth-order valence-corrected chi connectivity index (χ4v) is 2.04. The average Bonchev–Trinajstić information content (AvgIpc) is 2.29. The summed E-state index contributed by atoms with van der Waals surface area (Å²) < 4.78 is 14.2. The standard InChI is InChI=1S/C13H18BrFN2O/c1-8(2)5-9(7-16)13(18)17-12-4-3-10(14)6-11(12)15/h3-4,6,8-9H,5,7,16H2,1-2H3,(H,17,18). The van der Waals surface area contributed by atoms with Crippen molar-refractivity contribution in [3.63, 3.8) is 0 Å². The zero-order valence-electron chi connectivity index (χ0n) is 10.5. The number of carbonyl (C=O) groups is 1. The summed E-state index contributed by atoms with van der Waals surface area (Å²) in [5.41, 5.74) is 5.76. The molecule has 0 saturated carbocycles. The first-order valence-corrected chi connectivity index (χ1v) is 6.69. The van der Waals surface area contributed by atoms with Gasteiger partial charge in [0, 0.05) is 11.0 Å². The smallest absolute Gasteiger partial charge is 0.228 e. The lowest BCUT2D eigenvalue weighted by molar-refractivity contribution is -0.120. The maximum absolute atomic E-state index is 13.6. The second-order valence-electron chi connectivity index (χ2n) is 4.68. The molecule has 18 heavy (non-hydrogen) atoms.